The average molecular weight is 292 g/mol. The number of halogens is 3. The number of rotatable bonds is 3. The van der Waals surface area contributed by atoms with Crippen molar-refractivity contribution in [2.75, 3.05) is 14.2 Å². The topological polar surface area (TPSA) is 55.8 Å². The summed E-state index contributed by atoms with van der Waals surface area (Å²) in [5.41, 5.74) is 0.500. The molecule has 0 amide bonds. The molecule has 4 nitrogen and oxygen atoms in total. The van der Waals surface area contributed by atoms with Crippen molar-refractivity contribution >= 4 is 11.7 Å². The molecule has 20 heavy (non-hydrogen) atoms. The fourth-order valence-electron chi connectivity index (χ4n) is 1.10. The van der Waals surface area contributed by atoms with E-state index in [1.807, 2.05) is 0 Å². The summed E-state index contributed by atoms with van der Waals surface area (Å²) in [5.74, 6) is -1.15. The van der Waals surface area contributed by atoms with E-state index in [2.05, 4.69) is 4.74 Å². The number of hydrogen-bond acceptors (Lipinski definition) is 4. The monoisotopic (exact) mass is 292 g/mol. The van der Waals surface area contributed by atoms with Crippen molar-refractivity contribution in [3.63, 3.8) is 0 Å². The first-order valence-corrected chi connectivity index (χ1v) is 5.38. The minimum absolute atomic E-state index is 0.188. The summed E-state index contributed by atoms with van der Waals surface area (Å²) in [5, 5.41) is 9.74. The Morgan fingerprint density at radius 1 is 1.10 bits per heavy atom. The van der Waals surface area contributed by atoms with Gasteiger partial charge in [-0.1, -0.05) is 30.3 Å². The summed E-state index contributed by atoms with van der Waals surface area (Å²) in [6.07, 6.45) is -4.00. The third kappa shape index (κ3) is 7.30. The number of aliphatic hydroxyl groups excluding tert-OH is 1. The number of alkyl halides is 3. The molecule has 0 heterocycles. The first-order valence-electron chi connectivity index (χ1n) is 5.38. The van der Waals surface area contributed by atoms with Gasteiger partial charge >= 0.3 is 12.1 Å². The van der Waals surface area contributed by atoms with Crippen molar-refractivity contribution in [1.29, 1.82) is 0 Å². The summed E-state index contributed by atoms with van der Waals surface area (Å²) in [4.78, 5) is 11.2. The number of methoxy groups -OCH3 is 2. The Hall–Kier alpha value is -2.18. The minimum Gasteiger partial charge on any atom is -0.504 e. The quantitative estimate of drug-likeness (QED) is 0.527. The molecule has 0 fully saturated rings. The van der Waals surface area contributed by atoms with Gasteiger partial charge in [0, 0.05) is 12.5 Å². The third-order valence-corrected chi connectivity index (χ3v) is 1.84. The average Bonchev–Trinajstić information content (AvgIpc) is 2.38. The smallest absolute Gasteiger partial charge is 0.386 e. The maximum absolute atomic E-state index is 11.2. The predicted octanol–water partition coefficient (Wildman–Crippen LogP) is 3.30. The molecule has 112 valence electrons. The van der Waals surface area contributed by atoms with Crippen molar-refractivity contribution in [3.8, 4) is 0 Å². The molecule has 0 saturated heterocycles. The SMILES string of the molecule is CC(F)(F)F.COC(=O)/C(OC)=C(/O)c1ccccc1. The van der Waals surface area contributed by atoms with Crippen molar-refractivity contribution in [2.45, 2.75) is 13.1 Å². The molecule has 1 aromatic carbocycles. The Morgan fingerprint density at radius 3 is 1.90 bits per heavy atom. The van der Waals surface area contributed by atoms with Gasteiger partial charge in [-0.15, -0.1) is 0 Å². The van der Waals surface area contributed by atoms with Gasteiger partial charge in [-0.3, -0.25) is 0 Å². The van der Waals surface area contributed by atoms with Crippen LogP contribution in [0.1, 0.15) is 12.5 Å². The van der Waals surface area contributed by atoms with Crippen molar-refractivity contribution in [3.05, 3.63) is 41.7 Å². The van der Waals surface area contributed by atoms with Gasteiger partial charge in [-0.2, -0.15) is 13.2 Å². The van der Waals surface area contributed by atoms with Crippen LogP contribution < -0.4 is 0 Å². The summed E-state index contributed by atoms with van der Waals surface area (Å²) in [6, 6.07) is 8.63. The van der Waals surface area contributed by atoms with Crippen LogP contribution in [0, 0.1) is 0 Å². The van der Waals surface area contributed by atoms with Gasteiger partial charge in [0.05, 0.1) is 14.2 Å². The summed E-state index contributed by atoms with van der Waals surface area (Å²) in [7, 11) is 2.52. The predicted molar refractivity (Wildman–Crippen MR) is 66.7 cm³/mol. The zero-order chi connectivity index (χ0) is 15.8. The number of hydrogen-bond donors (Lipinski definition) is 1. The van der Waals surface area contributed by atoms with Crippen LogP contribution >= 0.6 is 0 Å². The number of carbonyl (C=O) groups excluding carboxylic acids is 1. The Labute approximate surface area is 114 Å². The first-order chi connectivity index (χ1) is 9.20. The second kappa shape index (κ2) is 8.08. The van der Waals surface area contributed by atoms with E-state index in [9.17, 15) is 23.1 Å². The molecule has 1 N–H and O–H groups in total. The molecule has 0 aromatic heterocycles. The molecule has 0 bridgehead atoms. The molecule has 1 aromatic rings. The first kappa shape index (κ1) is 17.8. The minimum atomic E-state index is -4.00. The summed E-state index contributed by atoms with van der Waals surface area (Å²) >= 11 is 0. The molecule has 0 aliphatic heterocycles. The second-order valence-electron chi connectivity index (χ2n) is 3.52. The normalized spacial score (nSPS) is 11.7. The fraction of sp³-hybridized carbons (Fsp3) is 0.308. The Morgan fingerprint density at radius 2 is 1.55 bits per heavy atom. The highest BCUT2D eigenvalue weighted by molar-refractivity contribution is 5.93. The number of ether oxygens (including phenoxy) is 2. The number of carbonyl (C=O) groups is 1. The highest BCUT2D eigenvalue weighted by Gasteiger charge is 2.17. The van der Waals surface area contributed by atoms with Gasteiger partial charge in [0.1, 0.15) is 0 Å². The lowest BCUT2D eigenvalue weighted by molar-refractivity contribution is -0.139. The van der Waals surface area contributed by atoms with Gasteiger partial charge < -0.3 is 14.6 Å². The zero-order valence-corrected chi connectivity index (χ0v) is 11.2. The lowest BCUT2D eigenvalue weighted by atomic mass is 10.1. The Balaban J connectivity index is 0.000000621. The second-order valence-corrected chi connectivity index (χ2v) is 3.52. The largest absolute Gasteiger partial charge is 0.504 e. The van der Waals surface area contributed by atoms with Gasteiger partial charge in [-0.25, -0.2) is 4.79 Å². The molecular weight excluding hydrogens is 277 g/mol. The van der Waals surface area contributed by atoms with Crippen LogP contribution in [0.25, 0.3) is 5.76 Å². The van der Waals surface area contributed by atoms with Crippen LogP contribution in [0.3, 0.4) is 0 Å². The van der Waals surface area contributed by atoms with Crippen LogP contribution in [0.4, 0.5) is 13.2 Å². The molecular formula is C13H15F3O4. The van der Waals surface area contributed by atoms with Crippen LogP contribution in [-0.2, 0) is 14.3 Å². The molecule has 1 rings (SSSR count). The molecule has 0 radical (unpaired) electrons. The molecule has 0 unspecified atom stereocenters. The molecule has 0 spiro atoms. The zero-order valence-electron chi connectivity index (χ0n) is 11.2. The molecule has 0 aliphatic rings. The molecule has 0 aliphatic carbocycles. The maximum Gasteiger partial charge on any atom is 0.386 e. The van der Waals surface area contributed by atoms with Crippen molar-refractivity contribution < 1.29 is 32.5 Å². The molecule has 0 saturated carbocycles. The van der Waals surface area contributed by atoms with Crippen LogP contribution in [-0.4, -0.2) is 31.5 Å². The fourth-order valence-corrected chi connectivity index (χ4v) is 1.10. The van der Waals surface area contributed by atoms with Crippen LogP contribution in [0.2, 0.25) is 0 Å². The van der Waals surface area contributed by atoms with Crippen LogP contribution in [0.5, 0.6) is 0 Å². The van der Waals surface area contributed by atoms with E-state index < -0.39 is 12.1 Å². The van der Waals surface area contributed by atoms with Crippen molar-refractivity contribution in [1.82, 2.24) is 0 Å². The number of esters is 1. The van der Waals surface area contributed by atoms with E-state index in [1.54, 1.807) is 30.3 Å². The van der Waals surface area contributed by atoms with Crippen LogP contribution in [0.15, 0.2) is 36.1 Å². The molecule has 0 atom stereocenters. The van der Waals surface area contributed by atoms with Gasteiger partial charge in [-0.05, 0) is 0 Å². The van der Waals surface area contributed by atoms with E-state index in [-0.39, 0.29) is 18.4 Å². The van der Waals surface area contributed by atoms with Gasteiger partial charge in [0.25, 0.3) is 0 Å². The standard InChI is InChI=1S/C11H12O4.C2H3F3/c1-14-10(11(13)15-2)9(12)8-6-4-3-5-7-8;1-2(3,4)5/h3-7,12H,1-2H3;1H3/b10-9-;. The highest BCUT2D eigenvalue weighted by Crippen LogP contribution is 2.16. The maximum atomic E-state index is 11.2. The van der Waals surface area contributed by atoms with E-state index in [1.165, 1.54) is 14.2 Å². The van der Waals surface area contributed by atoms with Crippen molar-refractivity contribution in [2.24, 2.45) is 0 Å². The number of benzene rings is 1. The van der Waals surface area contributed by atoms with Gasteiger partial charge in [0.15, 0.2) is 5.76 Å². The number of aliphatic hydroxyl groups is 1. The van der Waals surface area contributed by atoms with E-state index >= 15 is 0 Å². The Bertz CT molecular complexity index is 446. The lowest BCUT2D eigenvalue weighted by Crippen LogP contribution is -2.09. The van der Waals surface area contributed by atoms with E-state index in [4.69, 9.17) is 4.74 Å². The highest BCUT2D eigenvalue weighted by atomic mass is 19.4. The Kier molecular flexibility index (Phi) is 7.20. The summed E-state index contributed by atoms with van der Waals surface area (Å²) < 4.78 is 40.3. The summed E-state index contributed by atoms with van der Waals surface area (Å²) in [6.45, 7) is 0.188. The lowest BCUT2D eigenvalue weighted by Gasteiger charge is -2.07. The molecule has 7 heteroatoms. The van der Waals surface area contributed by atoms with E-state index in [0.717, 1.165) is 0 Å². The van der Waals surface area contributed by atoms with Gasteiger partial charge in [0.2, 0.25) is 5.76 Å². The van der Waals surface area contributed by atoms with E-state index in [0.29, 0.717) is 5.56 Å². The third-order valence-electron chi connectivity index (χ3n) is 1.84.